The van der Waals surface area contributed by atoms with Crippen molar-refractivity contribution in [1.29, 1.82) is 0 Å². The molecule has 2 aromatic carbocycles. The Balaban J connectivity index is 1.63. The first-order valence-electron chi connectivity index (χ1n) is 14.7. The Hall–Kier alpha value is -3.17. The third-order valence-electron chi connectivity index (χ3n) is 7.05. The summed E-state index contributed by atoms with van der Waals surface area (Å²) in [5.41, 5.74) is 0.699. The second kappa shape index (κ2) is 10.6. The van der Waals surface area contributed by atoms with E-state index in [-0.39, 0.29) is 29.7 Å². The summed E-state index contributed by atoms with van der Waals surface area (Å²) in [6, 6.07) is 7.08. The van der Waals surface area contributed by atoms with Crippen molar-refractivity contribution in [3.8, 4) is 17.6 Å². The third-order valence-corrected chi connectivity index (χ3v) is 8.66. The first-order valence-corrected chi connectivity index (χ1v) is 14.4. The van der Waals surface area contributed by atoms with E-state index in [4.69, 9.17) is 8.85 Å². The van der Waals surface area contributed by atoms with Gasteiger partial charge in [-0.25, -0.2) is 4.98 Å². The molecule has 1 amide bonds. The van der Waals surface area contributed by atoms with E-state index in [1.54, 1.807) is 36.6 Å². The van der Waals surface area contributed by atoms with E-state index < -0.39 is 59.3 Å². The van der Waals surface area contributed by atoms with Gasteiger partial charge in [0.2, 0.25) is 0 Å². The fraction of sp³-hybridized carbons (Fsp3) is 0.467. The standard InChI is InChI=1S/C30H34F2N4O4S/c1-29(2,3)41(39)34-18(16-30(4,5)38)12-10-17-11-13-20-21(14-17)36-22-15-23(26(36)33-20)35(6)27(37)19-8-7-9-24(25(19)22)40-28(31)32/h7-9,11,13-14,18,22-23,28,34,38H,15-16H2,1-6H3/t18?,22-,23-,41?/m1/s1/i6D3. The topological polar surface area (TPSA) is 103 Å². The van der Waals surface area contributed by atoms with Gasteiger partial charge in [0, 0.05) is 52.0 Å². The number of imidazole rings is 1. The van der Waals surface area contributed by atoms with Crippen molar-refractivity contribution in [2.75, 3.05) is 6.98 Å². The molecule has 1 aromatic heterocycles. The van der Waals surface area contributed by atoms with Gasteiger partial charge in [-0.3, -0.25) is 4.79 Å². The number of fused-ring (bicyclic) bond motifs is 9. The number of halogens is 2. The molecule has 0 saturated carbocycles. The van der Waals surface area contributed by atoms with Crippen LogP contribution < -0.4 is 9.46 Å². The van der Waals surface area contributed by atoms with E-state index >= 15 is 0 Å². The van der Waals surface area contributed by atoms with Crippen LogP contribution in [0.15, 0.2) is 36.4 Å². The molecule has 3 heterocycles. The van der Waals surface area contributed by atoms with Gasteiger partial charge in [-0.05, 0) is 65.0 Å². The number of carbonyl (C=O) groups is 1. The lowest BCUT2D eigenvalue weighted by Gasteiger charge is -2.28. The number of aromatic nitrogens is 2. The molecule has 2 N–H and O–H groups in total. The fourth-order valence-electron chi connectivity index (χ4n) is 5.28. The molecule has 2 aliphatic heterocycles. The highest BCUT2D eigenvalue weighted by Crippen LogP contribution is 2.50. The number of carbonyl (C=O) groups excluding carboxylic acids is 1. The second-order valence-corrected chi connectivity index (χ2v) is 13.9. The fourth-order valence-corrected chi connectivity index (χ4v) is 6.04. The minimum Gasteiger partial charge on any atom is -0.598 e. The molecule has 4 atom stereocenters. The normalized spacial score (nSPS) is 21.3. The minimum absolute atomic E-state index is 0.0254. The molecule has 2 unspecified atom stereocenters. The number of aliphatic hydroxyl groups is 1. The number of alkyl halides is 2. The summed E-state index contributed by atoms with van der Waals surface area (Å²) in [5, 5.41) is 10.4. The average Bonchev–Trinajstić information content (AvgIpc) is 3.37. The third kappa shape index (κ3) is 5.79. The van der Waals surface area contributed by atoms with Gasteiger partial charge in [0.05, 0.1) is 28.7 Å². The summed E-state index contributed by atoms with van der Waals surface area (Å²) >= 11 is -1.44. The molecule has 218 valence electrons. The van der Waals surface area contributed by atoms with Crippen molar-refractivity contribution in [2.24, 2.45) is 0 Å². The Morgan fingerprint density at radius 1 is 1.27 bits per heavy atom. The molecule has 11 heteroatoms. The van der Waals surface area contributed by atoms with Crippen LogP contribution in [0.1, 0.15) is 91.0 Å². The Morgan fingerprint density at radius 3 is 2.68 bits per heavy atom. The summed E-state index contributed by atoms with van der Waals surface area (Å²) in [6.07, 6.45) is 0.309. The maximum Gasteiger partial charge on any atom is 0.387 e. The molecular weight excluding hydrogens is 550 g/mol. The molecule has 0 spiro atoms. The minimum atomic E-state index is -3.16. The lowest BCUT2D eigenvalue weighted by molar-refractivity contribution is -0.0507. The molecule has 0 saturated heterocycles. The zero-order valence-electron chi connectivity index (χ0n) is 26.4. The maximum absolute atomic E-state index is 13.6. The quantitative estimate of drug-likeness (QED) is 0.321. The van der Waals surface area contributed by atoms with Crippen LogP contribution in [-0.2, 0) is 11.4 Å². The molecule has 2 bridgehead atoms. The maximum atomic E-state index is 13.6. The lowest BCUT2D eigenvalue weighted by atomic mass is 9.97. The molecule has 5 rings (SSSR count). The zero-order chi connectivity index (χ0) is 32.4. The Kier molecular flexibility index (Phi) is 6.59. The number of nitrogens with one attached hydrogen (secondary N) is 1. The summed E-state index contributed by atoms with van der Waals surface area (Å²) in [5.74, 6) is 5.47. The molecule has 2 aliphatic rings. The highest BCUT2D eigenvalue weighted by atomic mass is 32.2. The van der Waals surface area contributed by atoms with Crippen LogP contribution in [-0.4, -0.2) is 60.0 Å². The monoisotopic (exact) mass is 587 g/mol. The first kappa shape index (κ1) is 25.5. The SMILES string of the molecule is [2H]C([2H])([2H])N1C(=O)c2cccc(OC(F)F)c2[C@H]2C[C@@H]1c1nc3ccc(C#CC(CC(C)(C)O)N[S+]([O-])C(C)(C)C)cc3n12. The zero-order valence-corrected chi connectivity index (χ0v) is 24.2. The van der Waals surface area contributed by atoms with Crippen molar-refractivity contribution in [3.63, 3.8) is 0 Å². The molecular formula is C30H34F2N4O4S. The molecule has 0 aliphatic carbocycles. The Labute approximate surface area is 245 Å². The van der Waals surface area contributed by atoms with Crippen LogP contribution in [0.3, 0.4) is 0 Å². The van der Waals surface area contributed by atoms with Crippen LogP contribution in [0.4, 0.5) is 8.78 Å². The second-order valence-electron chi connectivity index (χ2n) is 11.9. The lowest BCUT2D eigenvalue weighted by Crippen LogP contribution is -2.46. The number of amides is 1. The van der Waals surface area contributed by atoms with E-state index in [1.807, 2.05) is 20.8 Å². The summed E-state index contributed by atoms with van der Waals surface area (Å²) < 4.78 is 73.2. The number of ether oxygens (including phenoxy) is 1. The Morgan fingerprint density at radius 2 is 2.02 bits per heavy atom. The van der Waals surface area contributed by atoms with Gasteiger partial charge in [0.15, 0.2) is 0 Å². The average molecular weight is 588 g/mol. The van der Waals surface area contributed by atoms with Crippen molar-refractivity contribution in [1.82, 2.24) is 19.2 Å². The molecule has 8 nitrogen and oxygen atoms in total. The number of hydrogen-bond donors (Lipinski definition) is 2. The van der Waals surface area contributed by atoms with Gasteiger partial charge in [0.1, 0.15) is 22.4 Å². The van der Waals surface area contributed by atoms with Crippen LogP contribution in [0.5, 0.6) is 5.75 Å². The van der Waals surface area contributed by atoms with Gasteiger partial charge in [-0.1, -0.05) is 17.9 Å². The smallest absolute Gasteiger partial charge is 0.387 e. The molecule has 0 fully saturated rings. The molecule has 41 heavy (non-hydrogen) atoms. The summed E-state index contributed by atoms with van der Waals surface area (Å²) in [4.78, 5) is 19.1. The van der Waals surface area contributed by atoms with Gasteiger partial charge in [-0.15, -0.1) is 4.72 Å². The van der Waals surface area contributed by atoms with Crippen LogP contribution in [0, 0.1) is 11.8 Å². The van der Waals surface area contributed by atoms with E-state index in [1.165, 1.54) is 18.2 Å². The summed E-state index contributed by atoms with van der Waals surface area (Å²) in [7, 11) is 0. The number of rotatable bonds is 6. The molecule has 0 radical (unpaired) electrons. The van der Waals surface area contributed by atoms with E-state index in [2.05, 4.69) is 21.5 Å². The van der Waals surface area contributed by atoms with Crippen LogP contribution >= 0.6 is 0 Å². The molecule has 3 aromatic rings. The van der Waals surface area contributed by atoms with Crippen LogP contribution in [0.25, 0.3) is 11.0 Å². The predicted molar refractivity (Wildman–Crippen MR) is 153 cm³/mol. The predicted octanol–water partition coefficient (Wildman–Crippen LogP) is 4.69. The highest BCUT2D eigenvalue weighted by molar-refractivity contribution is 7.90. The van der Waals surface area contributed by atoms with Crippen molar-refractivity contribution in [3.05, 3.63) is 58.9 Å². The van der Waals surface area contributed by atoms with E-state index in [0.717, 1.165) is 4.90 Å². The van der Waals surface area contributed by atoms with E-state index in [0.29, 0.717) is 22.4 Å². The van der Waals surface area contributed by atoms with Gasteiger partial charge < -0.3 is 23.9 Å². The first-order chi connectivity index (χ1) is 20.3. The van der Waals surface area contributed by atoms with E-state index in [9.17, 15) is 23.2 Å². The van der Waals surface area contributed by atoms with Gasteiger partial charge in [-0.2, -0.15) is 8.78 Å². The number of benzene rings is 2. The summed E-state index contributed by atoms with van der Waals surface area (Å²) in [6.45, 7) is 2.78. The van der Waals surface area contributed by atoms with Gasteiger partial charge in [0.25, 0.3) is 5.91 Å². The highest BCUT2D eigenvalue weighted by Gasteiger charge is 2.45. The van der Waals surface area contributed by atoms with Crippen molar-refractivity contribution in [2.45, 2.75) is 82.5 Å². The largest absolute Gasteiger partial charge is 0.598 e. The van der Waals surface area contributed by atoms with Crippen molar-refractivity contribution < 1.29 is 32.1 Å². The number of nitrogens with zero attached hydrogens (tertiary/aromatic N) is 3. The van der Waals surface area contributed by atoms with Crippen molar-refractivity contribution >= 4 is 28.3 Å². The Bertz CT molecular complexity index is 1660. The number of hydrogen-bond acceptors (Lipinski definition) is 6. The van der Waals surface area contributed by atoms with Crippen LogP contribution in [0.2, 0.25) is 0 Å². The van der Waals surface area contributed by atoms with Gasteiger partial charge >= 0.3 is 6.61 Å².